The van der Waals surface area contributed by atoms with Crippen LogP contribution in [0, 0.1) is 0 Å². The lowest BCUT2D eigenvalue weighted by Gasteiger charge is -2.24. The molecular formula is C23H28N4O2. The second kappa shape index (κ2) is 9.56. The number of para-hydroxylation sites is 1. The normalized spacial score (nSPS) is 14.7. The van der Waals surface area contributed by atoms with Gasteiger partial charge in [-0.2, -0.15) is 4.98 Å². The monoisotopic (exact) mass is 392 g/mol. The molecule has 0 saturated heterocycles. The van der Waals surface area contributed by atoms with Crippen molar-refractivity contribution in [3.8, 4) is 5.75 Å². The number of nitrogens with zero attached hydrogens (tertiary/aromatic N) is 2. The largest absolute Gasteiger partial charge is 0.491 e. The summed E-state index contributed by atoms with van der Waals surface area (Å²) in [6.07, 6.45) is 6.28. The van der Waals surface area contributed by atoms with Gasteiger partial charge in [-0.05, 0) is 37.1 Å². The van der Waals surface area contributed by atoms with E-state index in [1.165, 1.54) is 32.1 Å². The number of methoxy groups -OCH3 is 1. The SMILES string of the molecule is COCCOc1cccc(Nc2nc(NC3CCCCC3)c3ccccc3n2)c1. The van der Waals surface area contributed by atoms with E-state index >= 15 is 0 Å². The van der Waals surface area contributed by atoms with Gasteiger partial charge in [-0.25, -0.2) is 4.98 Å². The fourth-order valence-corrected chi connectivity index (χ4v) is 3.72. The highest BCUT2D eigenvalue weighted by Crippen LogP contribution is 2.28. The number of fused-ring (bicyclic) bond motifs is 1. The Morgan fingerprint density at radius 3 is 2.69 bits per heavy atom. The third-order valence-electron chi connectivity index (χ3n) is 5.20. The number of anilines is 3. The molecule has 0 unspecified atom stereocenters. The predicted octanol–water partition coefficient (Wildman–Crippen LogP) is 5.14. The zero-order chi connectivity index (χ0) is 19.9. The number of aromatic nitrogens is 2. The van der Waals surface area contributed by atoms with Crippen molar-refractivity contribution in [3.05, 3.63) is 48.5 Å². The molecule has 0 aliphatic heterocycles. The number of nitrogens with one attached hydrogen (secondary N) is 2. The van der Waals surface area contributed by atoms with E-state index in [2.05, 4.69) is 16.7 Å². The fraction of sp³-hybridized carbons (Fsp3) is 0.391. The molecule has 1 aliphatic carbocycles. The minimum absolute atomic E-state index is 0.479. The minimum atomic E-state index is 0.479. The van der Waals surface area contributed by atoms with Crippen LogP contribution in [0.2, 0.25) is 0 Å². The van der Waals surface area contributed by atoms with Crippen LogP contribution in [0.25, 0.3) is 10.9 Å². The summed E-state index contributed by atoms with van der Waals surface area (Å²) in [6.45, 7) is 1.07. The first-order valence-corrected chi connectivity index (χ1v) is 10.3. The van der Waals surface area contributed by atoms with Crippen molar-refractivity contribution in [1.29, 1.82) is 0 Å². The Balaban J connectivity index is 1.56. The highest BCUT2D eigenvalue weighted by Gasteiger charge is 2.16. The Hall–Kier alpha value is -2.86. The third kappa shape index (κ3) is 5.15. The topological polar surface area (TPSA) is 68.3 Å². The second-order valence-corrected chi connectivity index (χ2v) is 7.39. The summed E-state index contributed by atoms with van der Waals surface area (Å²) in [4.78, 5) is 9.51. The van der Waals surface area contributed by atoms with Crippen LogP contribution in [0.15, 0.2) is 48.5 Å². The van der Waals surface area contributed by atoms with Crippen LogP contribution in [-0.2, 0) is 4.74 Å². The summed E-state index contributed by atoms with van der Waals surface area (Å²) >= 11 is 0. The van der Waals surface area contributed by atoms with E-state index in [-0.39, 0.29) is 0 Å². The van der Waals surface area contributed by atoms with Gasteiger partial charge in [-0.15, -0.1) is 0 Å². The summed E-state index contributed by atoms with van der Waals surface area (Å²) in [5.74, 6) is 2.27. The molecule has 2 aromatic carbocycles. The smallest absolute Gasteiger partial charge is 0.229 e. The first-order valence-electron chi connectivity index (χ1n) is 10.3. The standard InChI is InChI=1S/C23H28N4O2/c1-28-14-15-29-19-11-7-10-18(16-19)25-23-26-21-13-6-5-12-20(21)22(27-23)24-17-8-3-2-4-9-17/h5-7,10-13,16-17H,2-4,8-9,14-15H2,1H3,(H2,24,25,26,27). The molecule has 0 amide bonds. The highest BCUT2D eigenvalue weighted by atomic mass is 16.5. The van der Waals surface area contributed by atoms with Crippen LogP contribution in [0.5, 0.6) is 5.75 Å². The van der Waals surface area contributed by atoms with Gasteiger partial charge < -0.3 is 20.1 Å². The van der Waals surface area contributed by atoms with Gasteiger partial charge in [0.2, 0.25) is 5.95 Å². The highest BCUT2D eigenvalue weighted by molar-refractivity contribution is 5.90. The van der Waals surface area contributed by atoms with E-state index in [0.717, 1.165) is 28.2 Å². The summed E-state index contributed by atoms with van der Waals surface area (Å²) < 4.78 is 10.7. The van der Waals surface area contributed by atoms with Crippen LogP contribution in [0.4, 0.5) is 17.5 Å². The number of hydrogen-bond acceptors (Lipinski definition) is 6. The fourth-order valence-electron chi connectivity index (χ4n) is 3.72. The van der Waals surface area contributed by atoms with Gasteiger partial charge in [0.25, 0.3) is 0 Å². The zero-order valence-electron chi connectivity index (χ0n) is 16.9. The van der Waals surface area contributed by atoms with Gasteiger partial charge >= 0.3 is 0 Å². The number of hydrogen-bond donors (Lipinski definition) is 2. The Bertz CT molecular complexity index is 941. The number of rotatable bonds is 8. The van der Waals surface area contributed by atoms with Crippen LogP contribution in [0.1, 0.15) is 32.1 Å². The molecule has 152 valence electrons. The second-order valence-electron chi connectivity index (χ2n) is 7.39. The average Bonchev–Trinajstić information content (AvgIpc) is 2.75. The van der Waals surface area contributed by atoms with Crippen LogP contribution in [-0.4, -0.2) is 36.3 Å². The maximum absolute atomic E-state index is 5.70. The van der Waals surface area contributed by atoms with Crippen molar-refractivity contribution >= 4 is 28.4 Å². The molecule has 1 aliphatic rings. The quantitative estimate of drug-likeness (QED) is 0.517. The Labute approximate surface area is 171 Å². The molecule has 4 rings (SSSR count). The Kier molecular flexibility index (Phi) is 6.42. The maximum Gasteiger partial charge on any atom is 0.229 e. The first kappa shape index (κ1) is 19.5. The first-order chi connectivity index (χ1) is 14.3. The summed E-state index contributed by atoms with van der Waals surface area (Å²) in [5.41, 5.74) is 1.81. The lowest BCUT2D eigenvalue weighted by molar-refractivity contribution is 0.146. The van der Waals surface area contributed by atoms with Crippen molar-refractivity contribution in [3.63, 3.8) is 0 Å². The van der Waals surface area contributed by atoms with Gasteiger partial charge in [-0.3, -0.25) is 0 Å². The third-order valence-corrected chi connectivity index (χ3v) is 5.20. The lowest BCUT2D eigenvalue weighted by Crippen LogP contribution is -2.23. The maximum atomic E-state index is 5.70. The average molecular weight is 393 g/mol. The molecule has 6 heteroatoms. The molecule has 6 nitrogen and oxygen atoms in total. The molecule has 0 spiro atoms. The molecule has 0 bridgehead atoms. The zero-order valence-corrected chi connectivity index (χ0v) is 16.9. The number of benzene rings is 2. The molecule has 0 atom stereocenters. The van der Waals surface area contributed by atoms with Gasteiger partial charge in [0.05, 0.1) is 12.1 Å². The van der Waals surface area contributed by atoms with Gasteiger partial charge in [0, 0.05) is 30.3 Å². The van der Waals surface area contributed by atoms with E-state index in [9.17, 15) is 0 Å². The van der Waals surface area contributed by atoms with E-state index < -0.39 is 0 Å². The van der Waals surface area contributed by atoms with Crippen LogP contribution in [0.3, 0.4) is 0 Å². The molecule has 1 heterocycles. The van der Waals surface area contributed by atoms with Crippen LogP contribution < -0.4 is 15.4 Å². The van der Waals surface area contributed by atoms with E-state index in [4.69, 9.17) is 19.4 Å². The van der Waals surface area contributed by atoms with Gasteiger partial charge in [0.15, 0.2) is 0 Å². The molecule has 29 heavy (non-hydrogen) atoms. The molecule has 1 saturated carbocycles. The van der Waals surface area contributed by atoms with E-state index in [1.54, 1.807) is 7.11 Å². The summed E-state index contributed by atoms with van der Waals surface area (Å²) in [7, 11) is 1.66. The summed E-state index contributed by atoms with van der Waals surface area (Å²) in [6, 6.07) is 16.4. The molecule has 1 aromatic heterocycles. The molecule has 3 aromatic rings. The Morgan fingerprint density at radius 2 is 1.83 bits per heavy atom. The minimum Gasteiger partial charge on any atom is -0.491 e. The summed E-state index contributed by atoms with van der Waals surface area (Å²) in [5, 5.41) is 8.05. The van der Waals surface area contributed by atoms with E-state index in [0.29, 0.717) is 25.2 Å². The van der Waals surface area contributed by atoms with Gasteiger partial charge in [0.1, 0.15) is 18.2 Å². The number of ether oxygens (including phenoxy) is 2. The Morgan fingerprint density at radius 1 is 0.966 bits per heavy atom. The van der Waals surface area contributed by atoms with Gasteiger partial charge in [-0.1, -0.05) is 37.5 Å². The lowest BCUT2D eigenvalue weighted by atomic mass is 9.95. The van der Waals surface area contributed by atoms with Crippen molar-refractivity contribution in [1.82, 2.24) is 9.97 Å². The molecule has 1 fully saturated rings. The predicted molar refractivity (Wildman–Crippen MR) is 117 cm³/mol. The van der Waals surface area contributed by atoms with Crippen molar-refractivity contribution in [2.75, 3.05) is 31.0 Å². The molecular weight excluding hydrogens is 364 g/mol. The van der Waals surface area contributed by atoms with E-state index in [1.807, 2.05) is 42.5 Å². The molecule has 0 radical (unpaired) electrons. The molecule has 2 N–H and O–H groups in total. The van der Waals surface area contributed by atoms with Crippen molar-refractivity contribution < 1.29 is 9.47 Å². The van der Waals surface area contributed by atoms with Crippen molar-refractivity contribution in [2.45, 2.75) is 38.1 Å². The van der Waals surface area contributed by atoms with Crippen LogP contribution >= 0.6 is 0 Å². The van der Waals surface area contributed by atoms with Crippen molar-refractivity contribution in [2.24, 2.45) is 0 Å².